The number of imidazole rings is 1. The van der Waals surface area contributed by atoms with Gasteiger partial charge in [0.15, 0.2) is 5.76 Å². The van der Waals surface area contributed by atoms with Crippen molar-refractivity contribution >= 4 is 29.4 Å². The number of furan rings is 2. The van der Waals surface area contributed by atoms with Crippen molar-refractivity contribution in [2.45, 2.75) is 6.54 Å². The monoisotopic (exact) mass is 530 g/mol. The number of anilines is 1. The zero-order chi connectivity index (χ0) is 26.5. The quantitative estimate of drug-likeness (QED) is 0.263. The first-order valence-corrected chi connectivity index (χ1v) is 12.0. The van der Waals surface area contributed by atoms with Crippen LogP contribution < -0.4 is 10.1 Å². The van der Waals surface area contributed by atoms with Crippen LogP contribution in [0.25, 0.3) is 16.9 Å². The molecule has 2 amide bonds. The summed E-state index contributed by atoms with van der Waals surface area (Å²) in [5.41, 5.74) is 2.21. The van der Waals surface area contributed by atoms with Gasteiger partial charge in [0.2, 0.25) is 11.9 Å². The Bertz CT molecular complexity index is 1510. The van der Waals surface area contributed by atoms with Gasteiger partial charge in [-0.3, -0.25) is 19.5 Å². The summed E-state index contributed by atoms with van der Waals surface area (Å²) in [7, 11) is 1.59. The van der Waals surface area contributed by atoms with Crippen molar-refractivity contribution in [1.29, 1.82) is 0 Å². The number of nitrogens with zero attached hydrogens (tertiary/aromatic N) is 3. The summed E-state index contributed by atoms with van der Waals surface area (Å²) in [5.74, 6) is 0.744. The van der Waals surface area contributed by atoms with Crippen LogP contribution in [0.4, 0.5) is 5.95 Å². The average Bonchev–Trinajstić information content (AvgIpc) is 3.71. The molecule has 0 aliphatic carbocycles. The molecule has 0 saturated heterocycles. The van der Waals surface area contributed by atoms with Gasteiger partial charge in [-0.1, -0.05) is 23.7 Å². The minimum atomic E-state index is -0.445. The Morgan fingerprint density at radius 1 is 1.00 bits per heavy atom. The molecule has 0 spiro atoms. The van der Waals surface area contributed by atoms with E-state index in [0.29, 0.717) is 22.2 Å². The summed E-state index contributed by atoms with van der Waals surface area (Å²) >= 11 is 6.05. The summed E-state index contributed by atoms with van der Waals surface area (Å²) < 4.78 is 17.7. The van der Waals surface area contributed by atoms with Crippen molar-refractivity contribution in [2.24, 2.45) is 0 Å². The maximum absolute atomic E-state index is 13.2. The zero-order valence-electron chi connectivity index (χ0n) is 20.3. The number of carbonyl (C=O) groups is 2. The molecule has 0 aliphatic rings. The van der Waals surface area contributed by atoms with E-state index in [0.717, 1.165) is 11.3 Å². The lowest BCUT2D eigenvalue weighted by Crippen LogP contribution is -2.37. The lowest BCUT2D eigenvalue weighted by Gasteiger charge is -2.20. The second kappa shape index (κ2) is 11.1. The highest BCUT2D eigenvalue weighted by atomic mass is 35.5. The van der Waals surface area contributed by atoms with Crippen LogP contribution in [0.3, 0.4) is 0 Å². The highest BCUT2D eigenvalue weighted by Crippen LogP contribution is 2.26. The molecule has 3 heterocycles. The first-order chi connectivity index (χ1) is 18.5. The molecule has 0 radical (unpaired) electrons. The average molecular weight is 531 g/mol. The molecule has 1 N–H and O–H groups in total. The van der Waals surface area contributed by atoms with Gasteiger partial charge in [0, 0.05) is 22.5 Å². The molecule has 5 rings (SSSR count). The highest BCUT2D eigenvalue weighted by molar-refractivity contribution is 6.30. The number of halogens is 1. The summed E-state index contributed by atoms with van der Waals surface area (Å²) in [6.45, 7) is -0.172. The third kappa shape index (κ3) is 5.63. The molecule has 0 aliphatic heterocycles. The Morgan fingerprint density at radius 3 is 2.39 bits per heavy atom. The van der Waals surface area contributed by atoms with E-state index < -0.39 is 11.8 Å². The van der Waals surface area contributed by atoms with E-state index in [-0.39, 0.29) is 24.8 Å². The molecule has 0 bridgehead atoms. The minimum absolute atomic E-state index is 0.0862. The van der Waals surface area contributed by atoms with Crippen molar-refractivity contribution in [2.75, 3.05) is 19.0 Å². The lowest BCUT2D eigenvalue weighted by atomic mass is 10.2. The normalized spacial score (nSPS) is 10.8. The summed E-state index contributed by atoms with van der Waals surface area (Å²) in [4.78, 5) is 32.3. The Labute approximate surface area is 223 Å². The summed E-state index contributed by atoms with van der Waals surface area (Å²) in [6, 6.07) is 21.2. The maximum atomic E-state index is 13.2. The standard InChI is InChI=1S/C28H23ClN4O5/c1-36-22-12-10-21(11-13-22)33-17-24(19-6-8-20(29)9-7-19)30-28(33)31-26(34)18-32(16-23-4-2-14-37-23)27(35)25-5-3-15-38-25/h2-15,17H,16,18H2,1H3,(H,30,31,34). The molecule has 2 aromatic carbocycles. The van der Waals surface area contributed by atoms with E-state index in [9.17, 15) is 9.59 Å². The van der Waals surface area contributed by atoms with Gasteiger partial charge >= 0.3 is 0 Å². The predicted molar refractivity (Wildman–Crippen MR) is 141 cm³/mol. The molecule has 38 heavy (non-hydrogen) atoms. The van der Waals surface area contributed by atoms with Crippen LogP contribution in [0.2, 0.25) is 5.02 Å². The van der Waals surface area contributed by atoms with Crippen molar-refractivity contribution < 1.29 is 23.2 Å². The Balaban J connectivity index is 1.43. The summed E-state index contributed by atoms with van der Waals surface area (Å²) in [5, 5.41) is 3.46. The van der Waals surface area contributed by atoms with Crippen LogP contribution in [-0.2, 0) is 11.3 Å². The lowest BCUT2D eigenvalue weighted by molar-refractivity contribution is -0.117. The SMILES string of the molecule is COc1ccc(-n2cc(-c3ccc(Cl)cc3)nc2NC(=O)CN(Cc2ccco2)C(=O)c2ccco2)cc1. The number of benzene rings is 2. The first-order valence-electron chi connectivity index (χ1n) is 11.6. The minimum Gasteiger partial charge on any atom is -0.497 e. The number of carbonyl (C=O) groups excluding carboxylic acids is 2. The van der Waals surface area contributed by atoms with Crippen LogP contribution in [0.1, 0.15) is 16.3 Å². The van der Waals surface area contributed by atoms with E-state index in [1.54, 1.807) is 48.1 Å². The predicted octanol–water partition coefficient (Wildman–Crippen LogP) is 5.67. The molecule has 10 heteroatoms. The Kier molecular flexibility index (Phi) is 7.28. The second-order valence-electron chi connectivity index (χ2n) is 8.29. The maximum Gasteiger partial charge on any atom is 0.290 e. The first kappa shape index (κ1) is 24.9. The smallest absolute Gasteiger partial charge is 0.290 e. The fraction of sp³-hybridized carbons (Fsp3) is 0.107. The van der Waals surface area contributed by atoms with Gasteiger partial charge in [0.05, 0.1) is 31.9 Å². The van der Waals surface area contributed by atoms with E-state index >= 15 is 0 Å². The van der Waals surface area contributed by atoms with Gasteiger partial charge in [-0.25, -0.2) is 4.98 Å². The van der Waals surface area contributed by atoms with Gasteiger partial charge in [0.25, 0.3) is 5.91 Å². The van der Waals surface area contributed by atoms with Crippen LogP contribution >= 0.6 is 11.6 Å². The van der Waals surface area contributed by atoms with E-state index in [2.05, 4.69) is 10.3 Å². The number of hydrogen-bond acceptors (Lipinski definition) is 6. The number of methoxy groups -OCH3 is 1. The van der Waals surface area contributed by atoms with E-state index in [1.807, 2.05) is 42.6 Å². The molecule has 192 valence electrons. The van der Waals surface area contributed by atoms with Crippen molar-refractivity contribution in [3.63, 3.8) is 0 Å². The summed E-state index contributed by atoms with van der Waals surface area (Å²) in [6.07, 6.45) is 4.73. The van der Waals surface area contributed by atoms with Gasteiger partial charge in [-0.05, 0) is 60.7 Å². The molecule has 5 aromatic rings. The molecule has 0 atom stereocenters. The van der Waals surface area contributed by atoms with Gasteiger partial charge in [-0.2, -0.15) is 0 Å². The number of hydrogen-bond donors (Lipinski definition) is 1. The van der Waals surface area contributed by atoms with Crippen LogP contribution in [0.15, 0.2) is 100 Å². The number of ether oxygens (including phenoxy) is 1. The third-order valence-corrected chi connectivity index (χ3v) is 5.98. The van der Waals surface area contributed by atoms with Gasteiger partial charge in [-0.15, -0.1) is 0 Å². The van der Waals surface area contributed by atoms with Crippen molar-refractivity contribution in [1.82, 2.24) is 14.5 Å². The molecular weight excluding hydrogens is 508 g/mol. The van der Waals surface area contributed by atoms with E-state index in [1.165, 1.54) is 17.4 Å². The second-order valence-corrected chi connectivity index (χ2v) is 8.73. The van der Waals surface area contributed by atoms with Crippen LogP contribution in [0.5, 0.6) is 5.75 Å². The molecule has 0 unspecified atom stereocenters. The third-order valence-electron chi connectivity index (χ3n) is 5.73. The van der Waals surface area contributed by atoms with Crippen molar-refractivity contribution in [3.05, 3.63) is 108 Å². The van der Waals surface area contributed by atoms with E-state index in [4.69, 9.17) is 25.2 Å². The van der Waals surface area contributed by atoms with Crippen molar-refractivity contribution in [3.8, 4) is 22.7 Å². The molecule has 3 aromatic heterocycles. The molecular formula is C28H23ClN4O5. The molecule has 0 fully saturated rings. The van der Waals surface area contributed by atoms with Crippen LogP contribution in [0, 0.1) is 0 Å². The Hall–Kier alpha value is -4.76. The number of aromatic nitrogens is 2. The van der Waals surface area contributed by atoms with Gasteiger partial charge < -0.3 is 18.5 Å². The number of amides is 2. The molecule has 0 saturated carbocycles. The van der Waals surface area contributed by atoms with Crippen LogP contribution in [-0.4, -0.2) is 39.9 Å². The number of rotatable bonds is 9. The highest BCUT2D eigenvalue weighted by Gasteiger charge is 2.23. The largest absolute Gasteiger partial charge is 0.497 e. The fourth-order valence-corrected chi connectivity index (χ4v) is 3.98. The zero-order valence-corrected chi connectivity index (χ0v) is 21.1. The van der Waals surface area contributed by atoms with Gasteiger partial charge in [0.1, 0.15) is 18.1 Å². The fourth-order valence-electron chi connectivity index (χ4n) is 3.85. The molecule has 9 nitrogen and oxygen atoms in total. The Morgan fingerprint density at radius 2 is 1.74 bits per heavy atom. The topological polar surface area (TPSA) is 103 Å². The number of nitrogens with one attached hydrogen (secondary N) is 1.